The Balaban J connectivity index is 2.14. The summed E-state index contributed by atoms with van der Waals surface area (Å²) in [6.07, 6.45) is 2.55. The third-order valence-electron chi connectivity index (χ3n) is 2.27. The van der Waals surface area contributed by atoms with Crippen molar-refractivity contribution in [3.05, 3.63) is 44.6 Å². The van der Waals surface area contributed by atoms with Crippen molar-refractivity contribution in [1.29, 1.82) is 0 Å². The van der Waals surface area contributed by atoms with E-state index in [2.05, 4.69) is 31.3 Å². The van der Waals surface area contributed by atoms with Crippen LogP contribution in [0.15, 0.2) is 28.2 Å². The van der Waals surface area contributed by atoms with Gasteiger partial charge in [-0.2, -0.15) is 0 Å². The first-order valence-corrected chi connectivity index (χ1v) is 6.61. The molecule has 1 unspecified atom stereocenters. The van der Waals surface area contributed by atoms with Crippen LogP contribution in [0.4, 0.5) is 0 Å². The zero-order valence-corrected chi connectivity index (χ0v) is 11.3. The number of nitrogens with zero attached hydrogens (tertiary/aromatic N) is 2. The van der Waals surface area contributed by atoms with Crippen LogP contribution >= 0.6 is 27.3 Å². The quantitative estimate of drug-likeness (QED) is 0.948. The van der Waals surface area contributed by atoms with Crippen molar-refractivity contribution >= 4 is 27.3 Å². The van der Waals surface area contributed by atoms with Gasteiger partial charge in [0.2, 0.25) is 0 Å². The van der Waals surface area contributed by atoms with Crippen LogP contribution in [0.2, 0.25) is 0 Å². The van der Waals surface area contributed by atoms with Crippen molar-refractivity contribution in [1.82, 2.24) is 9.97 Å². The molecule has 0 fully saturated rings. The largest absolute Gasteiger partial charge is 0.322 e. The Morgan fingerprint density at radius 2 is 2.31 bits per heavy atom. The van der Waals surface area contributed by atoms with Crippen LogP contribution in [0, 0.1) is 6.92 Å². The number of thiophene rings is 1. The van der Waals surface area contributed by atoms with Gasteiger partial charge in [0.25, 0.3) is 0 Å². The Kier molecular flexibility index (Phi) is 3.68. The predicted octanol–water partition coefficient (Wildman–Crippen LogP) is 2.85. The van der Waals surface area contributed by atoms with E-state index in [0.29, 0.717) is 0 Å². The van der Waals surface area contributed by atoms with E-state index in [4.69, 9.17) is 5.73 Å². The summed E-state index contributed by atoms with van der Waals surface area (Å²) in [6.45, 7) is 1.87. The van der Waals surface area contributed by atoms with Gasteiger partial charge in [-0.3, -0.25) is 0 Å². The van der Waals surface area contributed by atoms with E-state index in [-0.39, 0.29) is 6.04 Å². The molecular weight excluding hydrogens is 286 g/mol. The first-order valence-electron chi connectivity index (χ1n) is 4.94. The molecule has 0 amide bonds. The van der Waals surface area contributed by atoms with Crippen LogP contribution in [-0.4, -0.2) is 9.97 Å². The highest BCUT2D eigenvalue weighted by molar-refractivity contribution is 9.10. The molecule has 0 bridgehead atoms. The van der Waals surface area contributed by atoms with E-state index in [1.807, 2.05) is 19.1 Å². The van der Waals surface area contributed by atoms with Crippen LogP contribution in [0.25, 0.3) is 0 Å². The van der Waals surface area contributed by atoms with Crippen molar-refractivity contribution in [2.24, 2.45) is 5.73 Å². The molecule has 84 valence electrons. The van der Waals surface area contributed by atoms with Crippen molar-refractivity contribution in [2.75, 3.05) is 0 Å². The van der Waals surface area contributed by atoms with Crippen molar-refractivity contribution in [3.63, 3.8) is 0 Å². The third-order valence-corrected chi connectivity index (χ3v) is 4.22. The maximum absolute atomic E-state index is 6.12. The molecule has 2 rings (SSSR count). The van der Waals surface area contributed by atoms with Crippen LogP contribution in [0.5, 0.6) is 0 Å². The average molecular weight is 298 g/mol. The number of aromatic nitrogens is 2. The highest BCUT2D eigenvalue weighted by Crippen LogP contribution is 2.26. The van der Waals surface area contributed by atoms with Gasteiger partial charge < -0.3 is 5.73 Å². The Bertz CT molecular complexity index is 484. The van der Waals surface area contributed by atoms with Gasteiger partial charge >= 0.3 is 0 Å². The Morgan fingerprint density at radius 1 is 1.50 bits per heavy atom. The van der Waals surface area contributed by atoms with Gasteiger partial charge in [0.05, 0.1) is 11.7 Å². The standard InChI is InChI=1S/C11H12BrN3S/c1-7-14-4-2-10(15-7)9(13)6-11-8(12)3-5-16-11/h2-5,9H,6,13H2,1H3. The van der Waals surface area contributed by atoms with Gasteiger partial charge in [0.1, 0.15) is 5.82 Å². The molecule has 0 saturated heterocycles. The SMILES string of the molecule is Cc1nccc(C(N)Cc2sccc2Br)n1. The molecule has 0 aliphatic carbocycles. The third kappa shape index (κ3) is 2.66. The molecule has 0 saturated carbocycles. The lowest BCUT2D eigenvalue weighted by Crippen LogP contribution is -2.15. The summed E-state index contributed by atoms with van der Waals surface area (Å²) >= 11 is 5.21. The van der Waals surface area contributed by atoms with Crippen LogP contribution in [-0.2, 0) is 6.42 Å². The summed E-state index contributed by atoms with van der Waals surface area (Å²) in [5, 5.41) is 2.05. The van der Waals surface area contributed by atoms with E-state index in [1.54, 1.807) is 17.5 Å². The molecule has 0 aliphatic heterocycles. The minimum Gasteiger partial charge on any atom is -0.322 e. The number of hydrogen-bond acceptors (Lipinski definition) is 4. The number of nitrogens with two attached hydrogens (primary N) is 1. The molecule has 0 radical (unpaired) electrons. The monoisotopic (exact) mass is 297 g/mol. The first-order chi connectivity index (χ1) is 7.66. The number of aryl methyl sites for hydroxylation is 1. The lowest BCUT2D eigenvalue weighted by Gasteiger charge is -2.10. The van der Waals surface area contributed by atoms with E-state index in [1.165, 1.54) is 4.88 Å². The van der Waals surface area contributed by atoms with Crippen LogP contribution in [0.1, 0.15) is 22.4 Å². The van der Waals surface area contributed by atoms with E-state index in [0.717, 1.165) is 22.4 Å². The molecule has 0 aliphatic rings. The molecule has 2 aromatic heterocycles. The summed E-state index contributed by atoms with van der Waals surface area (Å²) in [6, 6.07) is 3.84. The van der Waals surface area contributed by atoms with Crippen molar-refractivity contribution in [3.8, 4) is 0 Å². The average Bonchev–Trinajstić information content (AvgIpc) is 2.64. The normalized spacial score (nSPS) is 12.7. The maximum atomic E-state index is 6.12. The molecule has 16 heavy (non-hydrogen) atoms. The summed E-state index contributed by atoms with van der Waals surface area (Å²) in [5.74, 6) is 0.762. The number of rotatable bonds is 3. The molecule has 2 heterocycles. The van der Waals surface area contributed by atoms with E-state index < -0.39 is 0 Å². The lowest BCUT2D eigenvalue weighted by atomic mass is 10.1. The topological polar surface area (TPSA) is 51.8 Å². The molecule has 1 atom stereocenters. The van der Waals surface area contributed by atoms with Gasteiger partial charge in [0, 0.05) is 22.0 Å². The van der Waals surface area contributed by atoms with Gasteiger partial charge in [-0.25, -0.2) is 9.97 Å². The Hall–Kier alpha value is -0.780. The first kappa shape index (κ1) is 11.7. The van der Waals surface area contributed by atoms with Gasteiger partial charge in [-0.15, -0.1) is 11.3 Å². The van der Waals surface area contributed by atoms with Gasteiger partial charge in [-0.1, -0.05) is 0 Å². The zero-order chi connectivity index (χ0) is 11.5. The highest BCUT2D eigenvalue weighted by atomic mass is 79.9. The minimum atomic E-state index is -0.0725. The second-order valence-electron chi connectivity index (χ2n) is 3.53. The molecule has 3 nitrogen and oxygen atoms in total. The molecular formula is C11H12BrN3S. The molecule has 2 aromatic rings. The maximum Gasteiger partial charge on any atom is 0.125 e. The van der Waals surface area contributed by atoms with Crippen molar-refractivity contribution in [2.45, 2.75) is 19.4 Å². The highest BCUT2D eigenvalue weighted by Gasteiger charge is 2.11. The summed E-state index contributed by atoms with van der Waals surface area (Å²) < 4.78 is 1.12. The smallest absolute Gasteiger partial charge is 0.125 e. The fourth-order valence-electron chi connectivity index (χ4n) is 1.46. The Labute approximate surface area is 107 Å². The van der Waals surface area contributed by atoms with E-state index in [9.17, 15) is 0 Å². The fraction of sp³-hybridized carbons (Fsp3) is 0.273. The molecule has 0 spiro atoms. The Morgan fingerprint density at radius 3 is 2.94 bits per heavy atom. The van der Waals surface area contributed by atoms with E-state index >= 15 is 0 Å². The minimum absolute atomic E-state index is 0.0725. The van der Waals surface area contributed by atoms with Gasteiger partial charge in [0.15, 0.2) is 0 Å². The second-order valence-corrected chi connectivity index (χ2v) is 5.39. The lowest BCUT2D eigenvalue weighted by molar-refractivity contribution is 0.693. The second kappa shape index (κ2) is 5.03. The molecule has 2 N–H and O–H groups in total. The van der Waals surface area contributed by atoms with Crippen molar-refractivity contribution < 1.29 is 0 Å². The number of halogens is 1. The van der Waals surface area contributed by atoms with Crippen LogP contribution in [0.3, 0.4) is 0 Å². The molecule has 0 aromatic carbocycles. The van der Waals surface area contributed by atoms with Crippen LogP contribution < -0.4 is 5.73 Å². The fourth-order valence-corrected chi connectivity index (χ4v) is 3.03. The predicted molar refractivity (Wildman–Crippen MR) is 69.4 cm³/mol. The summed E-state index contributed by atoms with van der Waals surface area (Å²) in [4.78, 5) is 9.65. The molecule has 5 heteroatoms. The summed E-state index contributed by atoms with van der Waals surface area (Å²) in [7, 11) is 0. The summed E-state index contributed by atoms with van der Waals surface area (Å²) in [5.41, 5.74) is 7.02. The number of hydrogen-bond donors (Lipinski definition) is 1. The zero-order valence-electron chi connectivity index (χ0n) is 8.85. The van der Waals surface area contributed by atoms with Gasteiger partial charge in [-0.05, 0) is 40.4 Å².